The van der Waals surface area contributed by atoms with Crippen LogP contribution in [0.2, 0.25) is 0 Å². The van der Waals surface area contributed by atoms with Crippen molar-refractivity contribution in [1.82, 2.24) is 0 Å². The summed E-state index contributed by atoms with van der Waals surface area (Å²) in [5.74, 6) is -0.872. The molecule has 6 nitrogen and oxygen atoms in total. The third kappa shape index (κ3) is 2.15. The van der Waals surface area contributed by atoms with Gasteiger partial charge in [-0.1, -0.05) is 12.1 Å². The molecule has 0 fully saturated rings. The highest BCUT2D eigenvalue weighted by molar-refractivity contribution is 7.94. The van der Waals surface area contributed by atoms with Gasteiger partial charge in [-0.3, -0.25) is 4.31 Å². The first-order valence-corrected chi connectivity index (χ1v) is 8.78. The van der Waals surface area contributed by atoms with Crippen molar-refractivity contribution in [2.45, 2.75) is 10.6 Å². The number of carbonyl (C=O) groups is 1. The fourth-order valence-electron chi connectivity index (χ4n) is 2.56. The molecule has 0 unspecified atom stereocenters. The summed E-state index contributed by atoms with van der Waals surface area (Å²) in [7, 11) is -2.44. The number of methoxy groups -OCH3 is 1. The summed E-state index contributed by atoms with van der Waals surface area (Å²) in [4.78, 5) is 11.4. The summed E-state index contributed by atoms with van der Waals surface area (Å²) in [5.41, 5.74) is 0.971. The Labute approximate surface area is 131 Å². The summed E-state index contributed by atoms with van der Waals surface area (Å²) in [6.45, 7) is 0.225. The number of para-hydroxylation sites is 1. The van der Waals surface area contributed by atoms with Crippen molar-refractivity contribution >= 4 is 33.0 Å². The molecular weight excluding hydrogens is 326 g/mol. The number of rotatable bonds is 4. The van der Waals surface area contributed by atoms with Crippen LogP contribution in [0, 0.1) is 0 Å². The van der Waals surface area contributed by atoms with Crippen molar-refractivity contribution in [1.29, 1.82) is 0 Å². The van der Waals surface area contributed by atoms with E-state index in [1.54, 1.807) is 23.6 Å². The van der Waals surface area contributed by atoms with Crippen LogP contribution in [0.5, 0.6) is 5.75 Å². The molecule has 2 aromatic rings. The summed E-state index contributed by atoms with van der Waals surface area (Å²) in [6.07, 6.45) is 0.489. The van der Waals surface area contributed by atoms with Gasteiger partial charge in [0.2, 0.25) is 0 Å². The third-order valence-electron chi connectivity index (χ3n) is 3.52. The average molecular weight is 339 g/mol. The molecule has 1 aromatic heterocycles. The molecular formula is C14H13NO5S2. The van der Waals surface area contributed by atoms with Crippen LogP contribution in [0.1, 0.15) is 15.9 Å². The SMILES string of the molecule is COc1ccsc1S(=O)(=O)N1CCc2cccc(C(=O)O)c21. The molecule has 1 aliphatic rings. The number of ether oxygens (including phenoxy) is 1. The minimum Gasteiger partial charge on any atom is -0.494 e. The molecule has 3 rings (SSSR count). The molecule has 8 heteroatoms. The maximum atomic E-state index is 12.9. The van der Waals surface area contributed by atoms with E-state index in [0.29, 0.717) is 6.42 Å². The lowest BCUT2D eigenvalue weighted by Gasteiger charge is -2.20. The number of hydrogen-bond acceptors (Lipinski definition) is 5. The second-order valence-corrected chi connectivity index (χ2v) is 7.70. The third-order valence-corrected chi connectivity index (χ3v) is 6.75. The Morgan fingerprint density at radius 2 is 2.14 bits per heavy atom. The van der Waals surface area contributed by atoms with Crippen LogP contribution in [0.3, 0.4) is 0 Å². The molecule has 0 saturated heterocycles. The maximum Gasteiger partial charge on any atom is 0.337 e. The van der Waals surface area contributed by atoms with Crippen molar-refractivity contribution in [3.05, 3.63) is 40.8 Å². The van der Waals surface area contributed by atoms with Gasteiger partial charge in [0, 0.05) is 6.54 Å². The number of carboxylic acids is 1. The number of fused-ring (bicyclic) bond motifs is 1. The zero-order chi connectivity index (χ0) is 15.9. The predicted molar refractivity (Wildman–Crippen MR) is 82.5 cm³/mol. The number of anilines is 1. The van der Waals surface area contributed by atoms with Crippen molar-refractivity contribution in [3.8, 4) is 5.75 Å². The number of hydrogen-bond donors (Lipinski definition) is 1. The molecule has 0 amide bonds. The van der Waals surface area contributed by atoms with Gasteiger partial charge < -0.3 is 9.84 Å². The zero-order valence-corrected chi connectivity index (χ0v) is 13.3. The lowest BCUT2D eigenvalue weighted by Crippen LogP contribution is -2.30. The van der Waals surface area contributed by atoms with E-state index < -0.39 is 16.0 Å². The minimum atomic E-state index is -3.84. The van der Waals surface area contributed by atoms with Crippen LogP contribution in [0.15, 0.2) is 33.9 Å². The van der Waals surface area contributed by atoms with E-state index in [2.05, 4.69) is 0 Å². The zero-order valence-electron chi connectivity index (χ0n) is 11.6. The number of sulfonamides is 1. The van der Waals surface area contributed by atoms with Gasteiger partial charge in [-0.25, -0.2) is 13.2 Å². The van der Waals surface area contributed by atoms with Crippen LogP contribution < -0.4 is 9.04 Å². The Kier molecular flexibility index (Phi) is 3.57. The lowest BCUT2D eigenvalue weighted by atomic mass is 10.1. The number of aromatic carboxylic acids is 1. The van der Waals surface area contributed by atoms with Crippen molar-refractivity contribution in [2.75, 3.05) is 18.0 Å². The first kappa shape index (κ1) is 14.9. The Morgan fingerprint density at radius 1 is 1.36 bits per heavy atom. The standard InChI is InChI=1S/C14H13NO5S2/c1-20-11-6-8-21-14(11)22(18,19)15-7-5-9-3-2-4-10(12(9)15)13(16)17/h2-4,6,8H,5,7H2,1H3,(H,16,17). The molecule has 22 heavy (non-hydrogen) atoms. The summed E-state index contributed by atoms with van der Waals surface area (Å²) < 4.78 is 32.1. The molecule has 0 atom stereocenters. The van der Waals surface area contributed by atoms with E-state index in [-0.39, 0.29) is 27.8 Å². The number of benzene rings is 1. The summed E-state index contributed by atoms with van der Waals surface area (Å²) >= 11 is 1.05. The van der Waals surface area contributed by atoms with Gasteiger partial charge in [0.25, 0.3) is 10.0 Å². The van der Waals surface area contributed by atoms with Gasteiger partial charge in [0.1, 0.15) is 5.75 Å². The van der Waals surface area contributed by atoms with Crippen LogP contribution in [-0.2, 0) is 16.4 Å². The van der Waals surface area contributed by atoms with Crippen molar-refractivity contribution in [2.24, 2.45) is 0 Å². The van der Waals surface area contributed by atoms with E-state index in [1.807, 2.05) is 0 Å². The largest absolute Gasteiger partial charge is 0.494 e. The van der Waals surface area contributed by atoms with E-state index in [9.17, 15) is 18.3 Å². The Balaban J connectivity index is 2.16. The fourth-order valence-corrected chi connectivity index (χ4v) is 5.46. The fraction of sp³-hybridized carbons (Fsp3) is 0.214. The molecule has 116 valence electrons. The highest BCUT2D eigenvalue weighted by Crippen LogP contribution is 2.39. The van der Waals surface area contributed by atoms with Gasteiger partial charge in [0.15, 0.2) is 4.21 Å². The topological polar surface area (TPSA) is 83.9 Å². The van der Waals surface area contributed by atoms with Gasteiger partial charge in [-0.2, -0.15) is 0 Å². The molecule has 0 saturated carbocycles. The lowest BCUT2D eigenvalue weighted by molar-refractivity contribution is 0.0698. The second kappa shape index (κ2) is 5.29. The van der Waals surface area contributed by atoms with Gasteiger partial charge >= 0.3 is 5.97 Å². The van der Waals surface area contributed by atoms with Gasteiger partial charge in [0.05, 0.1) is 18.4 Å². The monoisotopic (exact) mass is 339 g/mol. The van der Waals surface area contributed by atoms with Crippen LogP contribution in [-0.4, -0.2) is 33.1 Å². The van der Waals surface area contributed by atoms with E-state index in [4.69, 9.17) is 4.74 Å². The van der Waals surface area contributed by atoms with E-state index in [1.165, 1.54) is 17.5 Å². The van der Waals surface area contributed by atoms with E-state index >= 15 is 0 Å². The first-order valence-electron chi connectivity index (χ1n) is 6.46. The molecule has 0 aliphatic carbocycles. The Bertz CT molecular complexity index is 841. The molecule has 1 aliphatic heterocycles. The van der Waals surface area contributed by atoms with Crippen LogP contribution in [0.4, 0.5) is 5.69 Å². The predicted octanol–water partition coefficient (Wildman–Crippen LogP) is 2.21. The highest BCUT2D eigenvalue weighted by atomic mass is 32.2. The molecule has 2 heterocycles. The van der Waals surface area contributed by atoms with Gasteiger partial charge in [-0.15, -0.1) is 11.3 Å². The quantitative estimate of drug-likeness (QED) is 0.923. The molecule has 0 radical (unpaired) electrons. The van der Waals surface area contributed by atoms with Crippen LogP contribution in [0.25, 0.3) is 0 Å². The molecule has 1 N–H and O–H groups in total. The first-order chi connectivity index (χ1) is 10.5. The normalized spacial score (nSPS) is 14.0. The minimum absolute atomic E-state index is 0.00546. The van der Waals surface area contributed by atoms with E-state index in [0.717, 1.165) is 16.9 Å². The van der Waals surface area contributed by atoms with Gasteiger partial charge in [-0.05, 0) is 29.5 Å². The number of carboxylic acid groups (broad SMARTS) is 1. The number of thiophene rings is 1. The molecule has 0 bridgehead atoms. The smallest absolute Gasteiger partial charge is 0.337 e. The number of nitrogens with zero attached hydrogens (tertiary/aromatic N) is 1. The Hall–Kier alpha value is -2.06. The van der Waals surface area contributed by atoms with Crippen molar-refractivity contribution < 1.29 is 23.1 Å². The second-order valence-electron chi connectivity index (χ2n) is 4.72. The van der Waals surface area contributed by atoms with Crippen LogP contribution >= 0.6 is 11.3 Å². The maximum absolute atomic E-state index is 12.9. The molecule has 0 spiro atoms. The molecule has 1 aromatic carbocycles. The average Bonchev–Trinajstić information content (AvgIpc) is 3.13. The highest BCUT2D eigenvalue weighted by Gasteiger charge is 2.36. The Morgan fingerprint density at radius 3 is 2.82 bits per heavy atom. The summed E-state index contributed by atoms with van der Waals surface area (Å²) in [5, 5.41) is 11.0. The summed E-state index contributed by atoms with van der Waals surface area (Å²) in [6, 6.07) is 6.38. The van der Waals surface area contributed by atoms with Crippen molar-refractivity contribution in [3.63, 3.8) is 0 Å².